The van der Waals surface area contributed by atoms with Crippen molar-refractivity contribution in [2.45, 2.75) is 52.1 Å². The molecule has 1 aliphatic carbocycles. The van der Waals surface area contributed by atoms with Crippen molar-refractivity contribution >= 4 is 11.0 Å². The minimum absolute atomic E-state index is 0.290. The molecule has 1 N–H and O–H groups in total. The predicted molar refractivity (Wildman–Crippen MR) is 79.3 cm³/mol. The van der Waals surface area contributed by atoms with E-state index < -0.39 is 0 Å². The van der Waals surface area contributed by atoms with Gasteiger partial charge in [0.1, 0.15) is 11.3 Å². The Kier molecular flexibility index (Phi) is 3.36. The minimum atomic E-state index is 0.290. The Balaban J connectivity index is 1.89. The zero-order valence-electron chi connectivity index (χ0n) is 12.1. The highest BCUT2D eigenvalue weighted by atomic mass is 16.3. The number of furan rings is 1. The Morgan fingerprint density at radius 3 is 2.68 bits per heavy atom. The average Bonchev–Trinajstić information content (AvgIpc) is 3.19. The molecule has 0 aliphatic heterocycles. The Morgan fingerprint density at radius 1 is 1.26 bits per heavy atom. The molecule has 1 aromatic carbocycles. The number of fused-ring (bicyclic) bond motifs is 1. The van der Waals surface area contributed by atoms with Gasteiger partial charge in [-0.25, -0.2) is 0 Å². The average molecular weight is 257 g/mol. The van der Waals surface area contributed by atoms with E-state index in [9.17, 15) is 0 Å². The molecule has 1 heterocycles. The van der Waals surface area contributed by atoms with E-state index in [-0.39, 0.29) is 6.04 Å². The third-order valence-corrected chi connectivity index (χ3v) is 4.32. The van der Waals surface area contributed by atoms with Crippen LogP contribution in [-0.4, -0.2) is 6.04 Å². The van der Waals surface area contributed by atoms with Crippen LogP contribution in [0.1, 0.15) is 51.0 Å². The Morgan fingerprint density at radius 2 is 2.00 bits per heavy atom. The van der Waals surface area contributed by atoms with E-state index in [1.54, 1.807) is 0 Å². The van der Waals surface area contributed by atoms with E-state index in [1.807, 2.05) is 6.07 Å². The second kappa shape index (κ2) is 5.01. The molecule has 2 heteroatoms. The predicted octanol–water partition coefficient (Wildman–Crippen LogP) is 4.44. The highest BCUT2D eigenvalue weighted by Gasteiger charge is 2.30. The number of benzene rings is 1. The topological polar surface area (TPSA) is 25.2 Å². The summed E-state index contributed by atoms with van der Waals surface area (Å²) in [6, 6.07) is 9.24. The van der Waals surface area contributed by atoms with Gasteiger partial charge < -0.3 is 9.73 Å². The van der Waals surface area contributed by atoms with Crippen LogP contribution in [0.15, 0.2) is 28.7 Å². The van der Waals surface area contributed by atoms with Gasteiger partial charge in [0.15, 0.2) is 0 Å². The standard InChI is InChI=1S/C17H23NO/c1-4-14-15-7-5-6-8-16(15)19-17(14)12(3)18-11(2)13-9-10-13/h5-8,11-13,18H,4,9-10H2,1-3H3. The molecule has 0 amide bonds. The van der Waals surface area contributed by atoms with Crippen LogP contribution < -0.4 is 5.32 Å². The third-order valence-electron chi connectivity index (χ3n) is 4.32. The molecule has 0 spiro atoms. The van der Waals surface area contributed by atoms with Crippen molar-refractivity contribution in [3.63, 3.8) is 0 Å². The van der Waals surface area contributed by atoms with E-state index in [2.05, 4.69) is 44.3 Å². The molecule has 2 atom stereocenters. The first-order chi connectivity index (χ1) is 9.20. The molecular formula is C17H23NO. The summed E-state index contributed by atoms with van der Waals surface area (Å²) < 4.78 is 6.09. The number of nitrogens with one attached hydrogen (secondary N) is 1. The number of rotatable bonds is 5. The van der Waals surface area contributed by atoms with Crippen molar-refractivity contribution in [2.75, 3.05) is 0 Å². The molecule has 1 saturated carbocycles. The van der Waals surface area contributed by atoms with Crippen molar-refractivity contribution in [1.29, 1.82) is 0 Å². The summed E-state index contributed by atoms with van der Waals surface area (Å²) >= 11 is 0. The van der Waals surface area contributed by atoms with E-state index >= 15 is 0 Å². The lowest BCUT2D eigenvalue weighted by Gasteiger charge is -2.19. The molecule has 2 unspecified atom stereocenters. The lowest BCUT2D eigenvalue weighted by molar-refractivity contribution is 0.388. The molecule has 1 aliphatic rings. The Labute approximate surface area is 115 Å². The van der Waals surface area contributed by atoms with E-state index in [0.717, 1.165) is 23.7 Å². The van der Waals surface area contributed by atoms with E-state index in [1.165, 1.54) is 23.8 Å². The van der Waals surface area contributed by atoms with Gasteiger partial charge in [0.2, 0.25) is 0 Å². The van der Waals surface area contributed by atoms with Gasteiger partial charge in [0.05, 0.1) is 6.04 Å². The van der Waals surface area contributed by atoms with Gasteiger partial charge in [0, 0.05) is 17.0 Å². The van der Waals surface area contributed by atoms with Crippen molar-refractivity contribution in [2.24, 2.45) is 5.92 Å². The normalized spacial score (nSPS) is 18.7. The van der Waals surface area contributed by atoms with Gasteiger partial charge in [-0.1, -0.05) is 25.1 Å². The summed E-state index contributed by atoms with van der Waals surface area (Å²) in [5.41, 5.74) is 2.38. The zero-order chi connectivity index (χ0) is 13.4. The Hall–Kier alpha value is -1.28. The fourth-order valence-corrected chi connectivity index (χ4v) is 3.03. The molecule has 0 saturated heterocycles. The van der Waals surface area contributed by atoms with E-state index in [0.29, 0.717) is 6.04 Å². The number of hydrogen-bond donors (Lipinski definition) is 1. The van der Waals surface area contributed by atoms with Gasteiger partial charge >= 0.3 is 0 Å². The maximum Gasteiger partial charge on any atom is 0.134 e. The number of hydrogen-bond acceptors (Lipinski definition) is 2. The monoisotopic (exact) mass is 257 g/mol. The van der Waals surface area contributed by atoms with Gasteiger partial charge in [-0.05, 0) is 45.1 Å². The first-order valence-corrected chi connectivity index (χ1v) is 7.47. The third kappa shape index (κ3) is 2.42. The summed E-state index contributed by atoms with van der Waals surface area (Å²) in [7, 11) is 0. The first-order valence-electron chi connectivity index (χ1n) is 7.47. The second-order valence-corrected chi connectivity index (χ2v) is 5.81. The van der Waals surface area contributed by atoms with Crippen LogP contribution >= 0.6 is 0 Å². The van der Waals surface area contributed by atoms with Gasteiger partial charge in [-0.15, -0.1) is 0 Å². The zero-order valence-corrected chi connectivity index (χ0v) is 12.1. The van der Waals surface area contributed by atoms with Crippen molar-refractivity contribution < 1.29 is 4.42 Å². The highest BCUT2D eigenvalue weighted by molar-refractivity contribution is 5.82. The fourth-order valence-electron chi connectivity index (χ4n) is 3.03. The molecule has 102 valence electrons. The number of aryl methyl sites for hydroxylation is 1. The van der Waals surface area contributed by atoms with Crippen LogP contribution in [-0.2, 0) is 6.42 Å². The summed E-state index contributed by atoms with van der Waals surface area (Å²) in [6.45, 7) is 6.72. The highest BCUT2D eigenvalue weighted by Crippen LogP contribution is 2.35. The molecule has 0 radical (unpaired) electrons. The summed E-state index contributed by atoms with van der Waals surface area (Å²) in [6.07, 6.45) is 3.78. The van der Waals surface area contributed by atoms with Crippen molar-refractivity contribution in [3.8, 4) is 0 Å². The minimum Gasteiger partial charge on any atom is -0.459 e. The van der Waals surface area contributed by atoms with Gasteiger partial charge in [-0.2, -0.15) is 0 Å². The molecule has 19 heavy (non-hydrogen) atoms. The molecule has 2 aromatic rings. The summed E-state index contributed by atoms with van der Waals surface area (Å²) in [5, 5.41) is 4.97. The van der Waals surface area contributed by atoms with Crippen LogP contribution in [0.4, 0.5) is 0 Å². The summed E-state index contributed by atoms with van der Waals surface area (Å²) in [4.78, 5) is 0. The van der Waals surface area contributed by atoms with Crippen LogP contribution in [0.2, 0.25) is 0 Å². The van der Waals surface area contributed by atoms with Crippen LogP contribution in [0.3, 0.4) is 0 Å². The molecule has 1 aromatic heterocycles. The van der Waals surface area contributed by atoms with E-state index in [4.69, 9.17) is 4.42 Å². The van der Waals surface area contributed by atoms with Crippen LogP contribution in [0, 0.1) is 5.92 Å². The van der Waals surface area contributed by atoms with Crippen molar-refractivity contribution in [3.05, 3.63) is 35.6 Å². The van der Waals surface area contributed by atoms with Crippen LogP contribution in [0.25, 0.3) is 11.0 Å². The molecular weight excluding hydrogens is 234 g/mol. The summed E-state index contributed by atoms with van der Waals surface area (Å²) in [5.74, 6) is 1.99. The molecule has 0 bridgehead atoms. The first kappa shape index (κ1) is 12.7. The lowest BCUT2D eigenvalue weighted by atomic mass is 10.0. The quantitative estimate of drug-likeness (QED) is 0.856. The van der Waals surface area contributed by atoms with Gasteiger partial charge in [-0.3, -0.25) is 0 Å². The van der Waals surface area contributed by atoms with Crippen LogP contribution in [0.5, 0.6) is 0 Å². The fraction of sp³-hybridized carbons (Fsp3) is 0.529. The molecule has 2 nitrogen and oxygen atoms in total. The maximum absolute atomic E-state index is 6.09. The maximum atomic E-state index is 6.09. The van der Waals surface area contributed by atoms with Gasteiger partial charge in [0.25, 0.3) is 0 Å². The SMILES string of the molecule is CCc1c(C(C)NC(C)C2CC2)oc2ccccc12. The van der Waals surface area contributed by atoms with Crippen molar-refractivity contribution in [1.82, 2.24) is 5.32 Å². The largest absolute Gasteiger partial charge is 0.459 e. The lowest BCUT2D eigenvalue weighted by Crippen LogP contribution is -2.30. The number of para-hydroxylation sites is 1. The second-order valence-electron chi connectivity index (χ2n) is 5.81. The molecule has 3 rings (SSSR count). The Bertz CT molecular complexity index is 568. The molecule has 1 fully saturated rings. The smallest absolute Gasteiger partial charge is 0.134 e.